The average Bonchev–Trinajstić information content (AvgIpc) is 3.43. The van der Waals surface area contributed by atoms with E-state index in [1.54, 1.807) is 18.2 Å². The molecule has 0 aromatic heterocycles. The minimum absolute atomic E-state index is 0.124. The van der Waals surface area contributed by atoms with Crippen molar-refractivity contribution < 1.29 is 32.6 Å². The van der Waals surface area contributed by atoms with Gasteiger partial charge in [-0.05, 0) is 86.1 Å². The number of hydrogen-bond acceptors (Lipinski definition) is 6. The molecule has 0 bridgehead atoms. The van der Waals surface area contributed by atoms with E-state index in [4.69, 9.17) is 28.9 Å². The van der Waals surface area contributed by atoms with Crippen molar-refractivity contribution in [1.29, 1.82) is 0 Å². The summed E-state index contributed by atoms with van der Waals surface area (Å²) in [7, 11) is 0. The van der Waals surface area contributed by atoms with Gasteiger partial charge in [-0.15, -0.1) is 8.78 Å². The van der Waals surface area contributed by atoms with Crippen LogP contribution in [0.2, 0.25) is 10.0 Å². The van der Waals surface area contributed by atoms with Gasteiger partial charge in [0.2, 0.25) is 0 Å². The number of alkyl halides is 2. The lowest BCUT2D eigenvalue weighted by Crippen LogP contribution is -2.31. The van der Waals surface area contributed by atoms with E-state index >= 15 is 0 Å². The largest absolute Gasteiger partial charge is 0.586 e. The Morgan fingerprint density at radius 2 is 1.27 bits per heavy atom. The molecule has 3 amide bonds. The number of anilines is 2. The third-order valence-electron chi connectivity index (χ3n) is 8.96. The number of rotatable bonds is 8. The topological polar surface area (TPSA) is 132 Å². The smallest absolute Gasteiger partial charge is 0.398 e. The number of carbonyl (C=O) groups excluding carboxylic acids is 3. The number of nitrogen functional groups attached to an aromatic ring is 1. The van der Waals surface area contributed by atoms with Crippen LogP contribution in [0.1, 0.15) is 95.3 Å². The maximum atomic E-state index is 13.4. The third kappa shape index (κ3) is 9.98. The molecule has 9 nitrogen and oxygen atoms in total. The fourth-order valence-corrected chi connectivity index (χ4v) is 6.67. The number of benzene rings is 3. The molecule has 1 heterocycles. The van der Waals surface area contributed by atoms with Gasteiger partial charge in [0.25, 0.3) is 17.7 Å². The summed E-state index contributed by atoms with van der Waals surface area (Å²) in [4.78, 5) is 37.6. The lowest BCUT2D eigenvalue weighted by Gasteiger charge is -2.22. The highest BCUT2D eigenvalue weighted by Gasteiger charge is 2.45. The van der Waals surface area contributed by atoms with Gasteiger partial charge < -0.3 is 31.2 Å². The summed E-state index contributed by atoms with van der Waals surface area (Å²) >= 11 is 11.9. The molecule has 0 atom stereocenters. The fraction of sp³-hybridized carbons (Fsp3) is 0.417. The van der Waals surface area contributed by atoms with E-state index in [1.807, 2.05) is 0 Å². The summed E-state index contributed by atoms with van der Waals surface area (Å²) in [5.41, 5.74) is 6.98. The molecule has 2 aliphatic carbocycles. The van der Waals surface area contributed by atoms with Crippen molar-refractivity contribution in [3.63, 3.8) is 0 Å². The van der Waals surface area contributed by atoms with E-state index in [2.05, 4.69) is 25.4 Å². The van der Waals surface area contributed by atoms with Gasteiger partial charge >= 0.3 is 6.29 Å². The highest BCUT2D eigenvalue weighted by atomic mass is 35.5. The summed E-state index contributed by atoms with van der Waals surface area (Å²) in [5.74, 6) is -0.764. The van der Waals surface area contributed by atoms with Crippen molar-refractivity contribution in [2.75, 3.05) is 24.1 Å². The molecule has 2 fully saturated rings. The first-order valence-corrected chi connectivity index (χ1v) is 17.4. The molecule has 262 valence electrons. The Bertz CT molecular complexity index is 1660. The number of hydrogen-bond donors (Lipinski definition) is 4. The number of para-hydroxylation sites is 1. The first kappa shape index (κ1) is 36.2. The molecular weight excluding hydrogens is 677 g/mol. The Labute approximate surface area is 294 Å². The zero-order valence-corrected chi connectivity index (χ0v) is 28.5. The maximum absolute atomic E-state index is 13.4. The predicted octanol–water partition coefficient (Wildman–Crippen LogP) is 8.46. The summed E-state index contributed by atoms with van der Waals surface area (Å²) in [5, 5.41) is 9.32. The van der Waals surface area contributed by atoms with Gasteiger partial charge in [-0.3, -0.25) is 14.4 Å². The molecule has 13 heteroatoms. The summed E-state index contributed by atoms with van der Waals surface area (Å²) in [6.45, 7) is 1.29. The number of carbonyl (C=O) groups is 3. The second-order valence-electron chi connectivity index (χ2n) is 12.6. The molecule has 6 rings (SSSR count). The molecule has 0 spiro atoms. The average molecular weight is 718 g/mol. The van der Waals surface area contributed by atoms with Gasteiger partial charge in [-0.2, -0.15) is 0 Å². The Morgan fingerprint density at radius 3 is 1.88 bits per heavy atom. The van der Waals surface area contributed by atoms with Crippen LogP contribution in [-0.4, -0.2) is 37.1 Å². The van der Waals surface area contributed by atoms with Gasteiger partial charge in [-0.25, -0.2) is 0 Å². The second-order valence-corrected chi connectivity index (χ2v) is 13.5. The SMILES string of the molecule is Nc1ccc(Cl)cc1C(=O)NCC1CCCCC1.O=C(NCC1CCCCC1)c1cc(Cl)ccc1NC(=O)c1cccc2c1OC(F)(F)O2. The standard InChI is InChI=1S/C22H21ClF2N2O4.C14H19ClN2O/c23-14-9-10-17(16(11-14)20(28)26-12-13-5-2-1-3-6-13)27-21(29)15-7-4-8-18-19(15)31-22(24,25)30-18;15-11-6-7-13(16)12(8-11)14(18)17-9-10-4-2-1-3-5-10/h4,7-11,13H,1-3,5-6,12H2,(H,26,28)(H,27,29);6-8,10H,1-5,9,16H2,(H,17,18). The molecule has 3 aliphatic rings. The van der Waals surface area contributed by atoms with E-state index in [9.17, 15) is 23.2 Å². The first-order chi connectivity index (χ1) is 23.5. The second kappa shape index (κ2) is 16.5. The van der Waals surface area contributed by atoms with E-state index in [1.165, 1.54) is 74.9 Å². The Kier molecular flexibility index (Phi) is 12.2. The molecule has 49 heavy (non-hydrogen) atoms. The predicted molar refractivity (Wildman–Crippen MR) is 186 cm³/mol. The fourth-order valence-electron chi connectivity index (χ4n) is 6.32. The van der Waals surface area contributed by atoms with Crippen molar-refractivity contribution in [3.05, 3.63) is 81.3 Å². The molecule has 0 unspecified atom stereocenters. The third-order valence-corrected chi connectivity index (χ3v) is 9.43. The van der Waals surface area contributed by atoms with Gasteiger partial charge in [0.1, 0.15) is 0 Å². The molecule has 2 saturated carbocycles. The van der Waals surface area contributed by atoms with Gasteiger partial charge in [0.05, 0.1) is 22.4 Å². The molecule has 5 N–H and O–H groups in total. The normalized spacial score (nSPS) is 17.0. The van der Waals surface area contributed by atoms with Crippen molar-refractivity contribution >= 4 is 52.3 Å². The molecule has 0 saturated heterocycles. The lowest BCUT2D eigenvalue weighted by atomic mass is 9.89. The molecular formula is C36H40Cl2F2N4O5. The minimum atomic E-state index is -3.84. The zero-order valence-electron chi connectivity index (χ0n) is 27.0. The lowest BCUT2D eigenvalue weighted by molar-refractivity contribution is -0.286. The summed E-state index contributed by atoms with van der Waals surface area (Å²) < 4.78 is 35.7. The molecule has 0 radical (unpaired) electrons. The van der Waals surface area contributed by atoms with Crippen LogP contribution in [0, 0.1) is 11.8 Å². The number of ether oxygens (including phenoxy) is 2. The van der Waals surface area contributed by atoms with Gasteiger partial charge in [-0.1, -0.05) is 67.8 Å². The van der Waals surface area contributed by atoms with E-state index in [0.29, 0.717) is 39.7 Å². The zero-order chi connectivity index (χ0) is 35.0. The summed E-state index contributed by atoms with van der Waals surface area (Å²) in [6.07, 6.45) is 8.15. The van der Waals surface area contributed by atoms with Crippen molar-refractivity contribution in [1.82, 2.24) is 10.6 Å². The Balaban J connectivity index is 0.000000221. The van der Waals surface area contributed by atoms with Crippen LogP contribution in [0.15, 0.2) is 54.6 Å². The Hall–Kier alpha value is -4.09. The molecule has 1 aliphatic heterocycles. The summed E-state index contributed by atoms with van der Waals surface area (Å²) in [6, 6.07) is 13.5. The van der Waals surface area contributed by atoms with Crippen LogP contribution < -0.4 is 31.2 Å². The molecule has 3 aromatic carbocycles. The van der Waals surface area contributed by atoms with Crippen LogP contribution >= 0.6 is 23.2 Å². The van der Waals surface area contributed by atoms with Crippen LogP contribution in [0.4, 0.5) is 20.2 Å². The molecule has 3 aromatic rings. The number of fused-ring (bicyclic) bond motifs is 1. The van der Waals surface area contributed by atoms with E-state index in [0.717, 1.165) is 32.2 Å². The van der Waals surface area contributed by atoms with Crippen molar-refractivity contribution in [2.45, 2.75) is 70.5 Å². The number of nitrogens with two attached hydrogens (primary N) is 1. The van der Waals surface area contributed by atoms with Crippen LogP contribution in [0.3, 0.4) is 0 Å². The van der Waals surface area contributed by atoms with Crippen LogP contribution in [0.25, 0.3) is 0 Å². The van der Waals surface area contributed by atoms with Crippen LogP contribution in [0.5, 0.6) is 11.5 Å². The number of nitrogens with one attached hydrogen (secondary N) is 3. The minimum Gasteiger partial charge on any atom is -0.398 e. The van der Waals surface area contributed by atoms with Gasteiger partial charge in [0.15, 0.2) is 11.5 Å². The first-order valence-electron chi connectivity index (χ1n) is 16.6. The van der Waals surface area contributed by atoms with E-state index in [-0.39, 0.29) is 40.1 Å². The quantitative estimate of drug-likeness (QED) is 0.173. The Morgan fingerprint density at radius 1 is 0.714 bits per heavy atom. The highest BCUT2D eigenvalue weighted by molar-refractivity contribution is 6.31. The van der Waals surface area contributed by atoms with Gasteiger partial charge in [0, 0.05) is 28.8 Å². The maximum Gasteiger partial charge on any atom is 0.586 e. The van der Waals surface area contributed by atoms with Crippen molar-refractivity contribution in [3.8, 4) is 11.5 Å². The monoisotopic (exact) mass is 716 g/mol. The van der Waals surface area contributed by atoms with Crippen LogP contribution in [-0.2, 0) is 0 Å². The number of halogens is 4. The highest BCUT2D eigenvalue weighted by Crippen LogP contribution is 2.43. The van der Waals surface area contributed by atoms with Crippen molar-refractivity contribution in [2.24, 2.45) is 11.8 Å². The van der Waals surface area contributed by atoms with E-state index < -0.39 is 12.2 Å². The number of amides is 3.